The van der Waals surface area contributed by atoms with Crippen molar-refractivity contribution in [3.63, 3.8) is 0 Å². The number of rotatable bonds is 8. The lowest BCUT2D eigenvalue weighted by atomic mass is 9.99. The molecule has 0 rings (SSSR count). The summed E-state index contributed by atoms with van der Waals surface area (Å²) in [5.41, 5.74) is -1.33. The molecule has 10 heteroatoms. The maximum atomic E-state index is 11.0. The summed E-state index contributed by atoms with van der Waals surface area (Å²) in [4.78, 5) is 40.5. The predicted octanol–water partition coefficient (Wildman–Crippen LogP) is -0.345. The topological polar surface area (TPSA) is 161 Å². The van der Waals surface area contributed by atoms with Crippen molar-refractivity contribution in [3.8, 4) is 0 Å². The molecule has 0 saturated heterocycles. The van der Waals surface area contributed by atoms with Gasteiger partial charge in [-0.2, -0.15) is 0 Å². The molecule has 5 N–H and O–H groups in total. The summed E-state index contributed by atoms with van der Waals surface area (Å²) in [6, 6.07) is 0. The molecule has 0 heterocycles. The zero-order valence-electron chi connectivity index (χ0n) is 9.20. The first-order valence-corrected chi connectivity index (χ1v) is 6.33. The van der Waals surface area contributed by atoms with E-state index in [4.69, 9.17) is 20.2 Å². The Bertz CT molecular complexity index is 323. The molecule has 1 amide bonds. The molecule has 0 aromatic rings. The molecule has 104 valence electrons. The van der Waals surface area contributed by atoms with Gasteiger partial charge in [0.05, 0.1) is 11.6 Å². The van der Waals surface area contributed by atoms with Gasteiger partial charge in [-0.1, -0.05) is 0 Å². The average molecular weight is 283 g/mol. The number of hydrogen-bond donors (Lipinski definition) is 5. The summed E-state index contributed by atoms with van der Waals surface area (Å²) in [7, 11) is -3.31. The second-order valence-corrected chi connectivity index (χ2v) is 4.93. The Kier molecular flexibility index (Phi) is 6.99. The summed E-state index contributed by atoms with van der Waals surface area (Å²) in [6.07, 6.45) is -2.27. The molecule has 3 unspecified atom stereocenters. The van der Waals surface area contributed by atoms with Gasteiger partial charge in [0.15, 0.2) is 8.03 Å². The summed E-state index contributed by atoms with van der Waals surface area (Å²) in [5.74, 6) is -4.05. The molecular formula is C8H14NO8P. The summed E-state index contributed by atoms with van der Waals surface area (Å²) >= 11 is 0. The van der Waals surface area contributed by atoms with Gasteiger partial charge in [0, 0.05) is 13.0 Å². The summed E-state index contributed by atoms with van der Waals surface area (Å²) in [5, 5.41) is 27.5. The van der Waals surface area contributed by atoms with Crippen molar-refractivity contribution in [2.24, 2.45) is 5.92 Å². The third-order valence-corrected chi connectivity index (χ3v) is 3.50. The molecule has 0 aromatic heterocycles. The van der Waals surface area contributed by atoms with E-state index >= 15 is 0 Å². The lowest BCUT2D eigenvalue weighted by molar-refractivity contribution is -0.143. The fourth-order valence-corrected chi connectivity index (χ4v) is 2.30. The van der Waals surface area contributed by atoms with Crippen molar-refractivity contribution in [2.45, 2.75) is 18.5 Å². The van der Waals surface area contributed by atoms with E-state index in [1.807, 2.05) is 5.32 Å². The van der Waals surface area contributed by atoms with Crippen molar-refractivity contribution < 1.29 is 39.2 Å². The fraction of sp³-hybridized carbons (Fsp3) is 0.625. The molecule has 0 aliphatic rings. The number of carboxylic acids is 2. The van der Waals surface area contributed by atoms with Crippen molar-refractivity contribution in [1.82, 2.24) is 5.32 Å². The molecule has 3 atom stereocenters. The van der Waals surface area contributed by atoms with E-state index < -0.39 is 50.6 Å². The zero-order valence-corrected chi connectivity index (χ0v) is 10.2. The second-order valence-electron chi connectivity index (χ2n) is 3.51. The van der Waals surface area contributed by atoms with Gasteiger partial charge in [0.2, 0.25) is 0 Å². The minimum atomic E-state index is -3.31. The Labute approximate surface area is 102 Å². The van der Waals surface area contributed by atoms with Crippen LogP contribution < -0.4 is 5.32 Å². The maximum Gasteiger partial charge on any atom is 0.404 e. The van der Waals surface area contributed by atoms with Crippen LogP contribution in [-0.4, -0.2) is 50.4 Å². The molecule has 0 saturated carbocycles. The average Bonchev–Trinajstić information content (AvgIpc) is 2.20. The first-order chi connectivity index (χ1) is 8.25. The van der Waals surface area contributed by atoms with E-state index in [2.05, 4.69) is 0 Å². The number of amides is 1. The first-order valence-electron chi connectivity index (χ1n) is 4.90. The highest BCUT2D eigenvalue weighted by Gasteiger charge is 2.32. The normalized spacial score (nSPS) is 15.4. The van der Waals surface area contributed by atoms with Crippen LogP contribution in [0.25, 0.3) is 0 Å². The van der Waals surface area contributed by atoms with Gasteiger partial charge in [0.1, 0.15) is 0 Å². The fourth-order valence-electron chi connectivity index (χ4n) is 1.37. The minimum Gasteiger partial charge on any atom is -0.481 e. The predicted molar refractivity (Wildman–Crippen MR) is 59.0 cm³/mol. The smallest absolute Gasteiger partial charge is 0.404 e. The number of aliphatic carboxylic acids is 2. The molecule has 9 nitrogen and oxygen atoms in total. The van der Waals surface area contributed by atoms with Crippen molar-refractivity contribution >= 4 is 26.1 Å². The third-order valence-electron chi connectivity index (χ3n) is 2.26. The number of nitrogens with one attached hydrogen (secondary N) is 1. The molecule has 0 aromatic carbocycles. The lowest BCUT2D eigenvalue weighted by Gasteiger charge is -2.20. The van der Waals surface area contributed by atoms with Crippen molar-refractivity contribution in [2.75, 3.05) is 6.54 Å². The highest BCUT2D eigenvalue weighted by atomic mass is 31.1. The second kappa shape index (κ2) is 7.67. The van der Waals surface area contributed by atoms with E-state index in [-0.39, 0.29) is 6.42 Å². The highest BCUT2D eigenvalue weighted by molar-refractivity contribution is 7.39. The molecule has 18 heavy (non-hydrogen) atoms. The third kappa shape index (κ3) is 6.21. The highest BCUT2D eigenvalue weighted by Crippen LogP contribution is 2.31. The zero-order chi connectivity index (χ0) is 14.3. The number of hydrogen-bond acceptors (Lipinski definition) is 4. The van der Waals surface area contributed by atoms with Crippen LogP contribution in [0.5, 0.6) is 0 Å². The Morgan fingerprint density at radius 2 is 1.72 bits per heavy atom. The van der Waals surface area contributed by atoms with Crippen LogP contribution in [0.3, 0.4) is 0 Å². The van der Waals surface area contributed by atoms with Crippen LogP contribution in [0.15, 0.2) is 0 Å². The maximum absolute atomic E-state index is 11.0. The molecule has 0 radical (unpaired) electrons. The van der Waals surface area contributed by atoms with Crippen molar-refractivity contribution in [3.05, 3.63) is 0 Å². The van der Waals surface area contributed by atoms with Crippen LogP contribution >= 0.6 is 8.03 Å². The van der Waals surface area contributed by atoms with E-state index in [9.17, 15) is 18.9 Å². The monoisotopic (exact) mass is 283 g/mol. The SMILES string of the molecule is O=C(O)CCC(C(=O)O)C(CNC(=O)O)[PH](=O)O. The van der Waals surface area contributed by atoms with Crippen LogP contribution in [0, 0.1) is 5.92 Å². The summed E-state index contributed by atoms with van der Waals surface area (Å²) < 4.78 is 11.0. The molecule has 0 aliphatic carbocycles. The van der Waals surface area contributed by atoms with Crippen LogP contribution in [0.2, 0.25) is 0 Å². The largest absolute Gasteiger partial charge is 0.481 e. The summed E-state index contributed by atoms with van der Waals surface area (Å²) in [6.45, 7) is -0.514. The van der Waals surface area contributed by atoms with Crippen LogP contribution in [-0.2, 0) is 14.2 Å². The van der Waals surface area contributed by atoms with E-state index in [1.54, 1.807) is 0 Å². The molecule has 0 aliphatic heterocycles. The molecule has 0 spiro atoms. The molecular weight excluding hydrogens is 269 g/mol. The van der Waals surface area contributed by atoms with Gasteiger partial charge >= 0.3 is 18.0 Å². The number of carboxylic acid groups (broad SMARTS) is 3. The van der Waals surface area contributed by atoms with Crippen molar-refractivity contribution in [1.29, 1.82) is 0 Å². The Balaban J connectivity index is 4.76. The first kappa shape index (κ1) is 16.4. The van der Waals surface area contributed by atoms with Gasteiger partial charge in [-0.15, -0.1) is 0 Å². The van der Waals surface area contributed by atoms with Gasteiger partial charge in [-0.3, -0.25) is 14.2 Å². The minimum absolute atomic E-state index is 0.340. The van der Waals surface area contributed by atoms with Gasteiger partial charge in [-0.25, -0.2) is 4.79 Å². The van der Waals surface area contributed by atoms with Gasteiger partial charge in [0.25, 0.3) is 0 Å². The lowest BCUT2D eigenvalue weighted by Crippen LogP contribution is -2.37. The molecule has 0 fully saturated rings. The van der Waals surface area contributed by atoms with E-state index in [0.29, 0.717) is 0 Å². The standard InChI is InChI=1S/C8H14NO8P/c10-6(11)2-1-4(7(12)13)5(18(16)17)3-9-8(14)15/h4-5,9,18H,1-3H2,(H,10,11)(H,12,13)(H,14,15)(H,16,17). The quantitative estimate of drug-likeness (QED) is 0.378. The van der Waals surface area contributed by atoms with Gasteiger partial charge < -0.3 is 25.5 Å². The van der Waals surface area contributed by atoms with Crippen LogP contribution in [0.4, 0.5) is 4.79 Å². The van der Waals surface area contributed by atoms with Gasteiger partial charge in [-0.05, 0) is 6.42 Å². The van der Waals surface area contributed by atoms with E-state index in [0.717, 1.165) is 0 Å². The van der Waals surface area contributed by atoms with E-state index in [1.165, 1.54) is 0 Å². The molecule has 0 bridgehead atoms. The Morgan fingerprint density at radius 3 is 2.06 bits per heavy atom. The Hall–Kier alpha value is -1.60. The Morgan fingerprint density at radius 1 is 1.17 bits per heavy atom. The number of carbonyl (C=O) groups is 3. The van der Waals surface area contributed by atoms with Crippen LogP contribution in [0.1, 0.15) is 12.8 Å².